The fourth-order valence-corrected chi connectivity index (χ4v) is 4.12. The Morgan fingerprint density at radius 3 is 2.70 bits per heavy atom. The van der Waals surface area contributed by atoms with Crippen LogP contribution < -0.4 is 9.80 Å². The molecule has 2 aromatic rings. The van der Waals surface area contributed by atoms with Crippen LogP contribution in [-0.4, -0.2) is 57.6 Å². The Morgan fingerprint density at radius 2 is 1.93 bits per heavy atom. The maximum absolute atomic E-state index is 9.11. The molecular weight excluding hydrogens is 340 g/mol. The van der Waals surface area contributed by atoms with Crippen molar-refractivity contribution in [2.45, 2.75) is 51.5 Å². The van der Waals surface area contributed by atoms with Crippen molar-refractivity contribution in [1.82, 2.24) is 19.7 Å². The molecule has 0 unspecified atom stereocenters. The number of aromatic nitrogens is 4. The Kier molecular flexibility index (Phi) is 5.57. The van der Waals surface area contributed by atoms with Crippen LogP contribution in [0.2, 0.25) is 0 Å². The van der Waals surface area contributed by atoms with Crippen LogP contribution in [0.4, 0.5) is 11.8 Å². The van der Waals surface area contributed by atoms with Crippen molar-refractivity contribution in [3.05, 3.63) is 29.7 Å². The van der Waals surface area contributed by atoms with Crippen LogP contribution in [0.15, 0.2) is 18.3 Å². The number of aliphatic hydroxyl groups excluding tert-OH is 1. The maximum atomic E-state index is 9.11. The normalized spacial score (nSPS) is 20.4. The Bertz CT molecular complexity index is 755. The van der Waals surface area contributed by atoms with E-state index in [2.05, 4.69) is 34.0 Å². The summed E-state index contributed by atoms with van der Waals surface area (Å²) in [5.41, 5.74) is 2.24. The average molecular weight is 371 g/mol. The van der Waals surface area contributed by atoms with Crippen molar-refractivity contribution >= 4 is 11.8 Å². The molecule has 2 fully saturated rings. The fraction of sp³-hybridized carbons (Fsp3) is 0.650. The molecule has 2 aliphatic heterocycles. The number of hydrogen-bond acceptors (Lipinski definition) is 6. The lowest BCUT2D eigenvalue weighted by Crippen LogP contribution is -2.35. The van der Waals surface area contributed by atoms with Gasteiger partial charge in [-0.3, -0.25) is 4.68 Å². The number of piperidine rings is 1. The molecule has 7 nitrogen and oxygen atoms in total. The molecule has 0 bridgehead atoms. The van der Waals surface area contributed by atoms with E-state index >= 15 is 0 Å². The Hall–Kier alpha value is -2.15. The van der Waals surface area contributed by atoms with Crippen LogP contribution in [0, 0.1) is 0 Å². The van der Waals surface area contributed by atoms with Gasteiger partial charge < -0.3 is 14.9 Å². The van der Waals surface area contributed by atoms with Crippen molar-refractivity contribution < 1.29 is 5.11 Å². The molecule has 0 aromatic carbocycles. The lowest BCUT2D eigenvalue weighted by atomic mass is 9.95. The molecule has 2 aromatic heterocycles. The zero-order valence-electron chi connectivity index (χ0n) is 16.2. The van der Waals surface area contributed by atoms with Crippen LogP contribution in [0.25, 0.3) is 0 Å². The predicted molar refractivity (Wildman–Crippen MR) is 106 cm³/mol. The highest BCUT2D eigenvalue weighted by molar-refractivity contribution is 5.47. The third kappa shape index (κ3) is 4.08. The average Bonchev–Trinajstić information content (AvgIpc) is 3.40. The number of nitrogens with zero attached hydrogens (tertiary/aromatic N) is 6. The molecular formula is C20H30N6O. The van der Waals surface area contributed by atoms with E-state index in [1.807, 2.05) is 10.9 Å². The van der Waals surface area contributed by atoms with Gasteiger partial charge >= 0.3 is 0 Å². The van der Waals surface area contributed by atoms with Crippen molar-refractivity contribution in [1.29, 1.82) is 0 Å². The topological polar surface area (TPSA) is 70.3 Å². The Labute approximate surface area is 161 Å². The summed E-state index contributed by atoms with van der Waals surface area (Å²) in [5.74, 6) is 2.37. The van der Waals surface area contributed by atoms with E-state index in [9.17, 15) is 0 Å². The van der Waals surface area contributed by atoms with E-state index in [1.165, 1.54) is 12.8 Å². The van der Waals surface area contributed by atoms with Crippen LogP contribution in [-0.2, 0) is 13.0 Å². The van der Waals surface area contributed by atoms with Gasteiger partial charge in [0.1, 0.15) is 5.82 Å². The van der Waals surface area contributed by atoms with Crippen LogP contribution in [0.3, 0.4) is 0 Å². The quantitative estimate of drug-likeness (QED) is 0.841. The molecule has 27 heavy (non-hydrogen) atoms. The molecule has 146 valence electrons. The first-order chi connectivity index (χ1) is 13.3. The minimum atomic E-state index is 0.123. The molecule has 7 heteroatoms. The summed E-state index contributed by atoms with van der Waals surface area (Å²) in [5, 5.41) is 13.8. The smallest absolute Gasteiger partial charge is 0.227 e. The first kappa shape index (κ1) is 18.2. The first-order valence-corrected chi connectivity index (χ1v) is 10.3. The SMILES string of the molecule is CCc1cc(N2CCC[C@H](c3ccn(CCO)n3)C2)nc(N2CCCC2)n1. The minimum absolute atomic E-state index is 0.123. The number of aliphatic hydroxyl groups is 1. The lowest BCUT2D eigenvalue weighted by Gasteiger charge is -2.33. The Morgan fingerprint density at radius 1 is 1.11 bits per heavy atom. The highest BCUT2D eigenvalue weighted by atomic mass is 16.3. The number of anilines is 2. The van der Waals surface area contributed by atoms with Gasteiger partial charge in [-0.25, -0.2) is 4.98 Å². The molecule has 2 saturated heterocycles. The van der Waals surface area contributed by atoms with Crippen molar-refractivity contribution in [3.8, 4) is 0 Å². The van der Waals surface area contributed by atoms with Gasteiger partial charge in [0.15, 0.2) is 0 Å². The molecule has 1 atom stereocenters. The second kappa shape index (κ2) is 8.25. The second-order valence-electron chi connectivity index (χ2n) is 7.58. The summed E-state index contributed by atoms with van der Waals surface area (Å²) < 4.78 is 1.83. The minimum Gasteiger partial charge on any atom is -0.394 e. The van der Waals surface area contributed by atoms with E-state index in [4.69, 9.17) is 15.1 Å². The highest BCUT2D eigenvalue weighted by Crippen LogP contribution is 2.30. The van der Waals surface area contributed by atoms with Crippen LogP contribution >= 0.6 is 0 Å². The van der Waals surface area contributed by atoms with Crippen molar-refractivity contribution in [2.24, 2.45) is 0 Å². The van der Waals surface area contributed by atoms with Gasteiger partial charge in [-0.15, -0.1) is 0 Å². The van der Waals surface area contributed by atoms with Gasteiger partial charge in [0, 0.05) is 50.1 Å². The third-order valence-corrected chi connectivity index (χ3v) is 5.66. The second-order valence-corrected chi connectivity index (χ2v) is 7.58. The summed E-state index contributed by atoms with van der Waals surface area (Å²) in [6.45, 7) is 6.95. The summed E-state index contributed by atoms with van der Waals surface area (Å²) in [4.78, 5) is 14.4. The molecule has 0 saturated carbocycles. The maximum Gasteiger partial charge on any atom is 0.227 e. The van der Waals surface area contributed by atoms with Gasteiger partial charge in [-0.1, -0.05) is 6.92 Å². The zero-order chi connectivity index (χ0) is 18.6. The van der Waals surface area contributed by atoms with Crippen LogP contribution in [0.1, 0.15) is 49.9 Å². The number of rotatable bonds is 6. The Balaban J connectivity index is 1.54. The monoisotopic (exact) mass is 370 g/mol. The van der Waals surface area contributed by atoms with Gasteiger partial charge in [0.25, 0.3) is 0 Å². The molecule has 0 amide bonds. The molecule has 0 spiro atoms. The molecule has 2 aliphatic rings. The van der Waals surface area contributed by atoms with Crippen molar-refractivity contribution in [3.63, 3.8) is 0 Å². The van der Waals surface area contributed by atoms with Gasteiger partial charge in [-0.05, 0) is 38.2 Å². The van der Waals surface area contributed by atoms with E-state index in [-0.39, 0.29) is 6.61 Å². The zero-order valence-corrected chi connectivity index (χ0v) is 16.2. The molecule has 1 N–H and O–H groups in total. The molecule has 4 heterocycles. The standard InChI is InChI=1S/C20H30N6O/c1-2-17-14-19(22-20(21-17)24-8-3-4-9-24)25-10-5-6-16(15-25)18-7-11-26(23-18)12-13-27/h7,11,14,16,27H,2-6,8-10,12-13,15H2,1H3/t16-/m0/s1. The van der Waals surface area contributed by atoms with Gasteiger partial charge in [-0.2, -0.15) is 10.1 Å². The number of hydrogen-bond donors (Lipinski definition) is 1. The summed E-state index contributed by atoms with van der Waals surface area (Å²) in [7, 11) is 0. The van der Waals surface area contributed by atoms with E-state index in [0.29, 0.717) is 12.5 Å². The summed E-state index contributed by atoms with van der Waals surface area (Å²) in [6.07, 6.45) is 7.66. The van der Waals surface area contributed by atoms with E-state index < -0.39 is 0 Å². The fourth-order valence-electron chi connectivity index (χ4n) is 4.12. The van der Waals surface area contributed by atoms with Gasteiger partial charge in [0.05, 0.1) is 18.8 Å². The van der Waals surface area contributed by atoms with Crippen molar-refractivity contribution in [2.75, 3.05) is 42.6 Å². The van der Waals surface area contributed by atoms with E-state index in [0.717, 1.165) is 68.6 Å². The summed E-state index contributed by atoms with van der Waals surface area (Å²) in [6, 6.07) is 4.25. The lowest BCUT2D eigenvalue weighted by molar-refractivity contribution is 0.268. The van der Waals surface area contributed by atoms with E-state index in [1.54, 1.807) is 0 Å². The molecule has 0 aliphatic carbocycles. The largest absolute Gasteiger partial charge is 0.394 e. The molecule has 0 radical (unpaired) electrons. The predicted octanol–water partition coefficient (Wildman–Crippen LogP) is 2.21. The van der Waals surface area contributed by atoms with Gasteiger partial charge in [0.2, 0.25) is 5.95 Å². The summed E-state index contributed by atoms with van der Waals surface area (Å²) >= 11 is 0. The number of aryl methyl sites for hydroxylation is 1. The first-order valence-electron chi connectivity index (χ1n) is 10.3. The van der Waals surface area contributed by atoms with Crippen LogP contribution in [0.5, 0.6) is 0 Å². The third-order valence-electron chi connectivity index (χ3n) is 5.66. The molecule has 4 rings (SSSR count). The highest BCUT2D eigenvalue weighted by Gasteiger charge is 2.25.